The number of anilines is 1. The summed E-state index contributed by atoms with van der Waals surface area (Å²) >= 11 is 9.16. The van der Waals surface area contributed by atoms with Gasteiger partial charge in [-0.1, -0.05) is 11.6 Å². The Bertz CT molecular complexity index is 662. The maximum atomic E-state index is 12.1. The van der Waals surface area contributed by atoms with Crippen molar-refractivity contribution in [2.45, 2.75) is 6.54 Å². The van der Waals surface area contributed by atoms with E-state index in [0.29, 0.717) is 26.3 Å². The van der Waals surface area contributed by atoms with Crippen LogP contribution in [0.15, 0.2) is 40.9 Å². The van der Waals surface area contributed by atoms with Crippen molar-refractivity contribution in [2.75, 3.05) is 5.73 Å². The molecule has 2 aromatic carbocycles. The van der Waals surface area contributed by atoms with E-state index in [0.717, 1.165) is 0 Å². The molecule has 0 aliphatic carbocycles. The average molecular weight is 356 g/mol. The molecule has 0 aliphatic heterocycles. The molecule has 20 heavy (non-hydrogen) atoms. The van der Waals surface area contributed by atoms with E-state index in [2.05, 4.69) is 21.2 Å². The van der Waals surface area contributed by atoms with Crippen molar-refractivity contribution in [1.29, 1.82) is 0 Å². The predicted molar refractivity (Wildman–Crippen MR) is 82.8 cm³/mol. The SMILES string of the molecule is Nc1ccc(O)c(CNC(=O)c2cc(Cl)ccc2Br)c1. The van der Waals surface area contributed by atoms with E-state index < -0.39 is 0 Å². The Hall–Kier alpha value is -1.72. The summed E-state index contributed by atoms with van der Waals surface area (Å²) in [6.07, 6.45) is 0. The fourth-order valence-electron chi connectivity index (χ4n) is 1.69. The molecular weight excluding hydrogens is 344 g/mol. The molecule has 6 heteroatoms. The molecule has 0 unspecified atom stereocenters. The highest BCUT2D eigenvalue weighted by Gasteiger charge is 2.11. The lowest BCUT2D eigenvalue weighted by atomic mass is 10.1. The van der Waals surface area contributed by atoms with Crippen molar-refractivity contribution in [3.05, 3.63) is 57.0 Å². The van der Waals surface area contributed by atoms with Crippen LogP contribution < -0.4 is 11.1 Å². The van der Waals surface area contributed by atoms with Gasteiger partial charge in [0.25, 0.3) is 5.91 Å². The molecule has 0 saturated carbocycles. The fraction of sp³-hybridized carbons (Fsp3) is 0.0714. The molecule has 4 N–H and O–H groups in total. The minimum atomic E-state index is -0.291. The van der Waals surface area contributed by atoms with Crippen molar-refractivity contribution in [3.63, 3.8) is 0 Å². The predicted octanol–water partition coefficient (Wildman–Crippen LogP) is 3.32. The molecule has 0 bridgehead atoms. The number of rotatable bonds is 3. The highest BCUT2D eigenvalue weighted by atomic mass is 79.9. The Morgan fingerprint density at radius 2 is 2.05 bits per heavy atom. The van der Waals surface area contributed by atoms with E-state index in [1.807, 2.05) is 0 Å². The molecule has 0 heterocycles. The number of hydrogen-bond donors (Lipinski definition) is 3. The van der Waals surface area contributed by atoms with Crippen molar-refractivity contribution in [3.8, 4) is 5.75 Å². The van der Waals surface area contributed by atoms with Gasteiger partial charge in [0.1, 0.15) is 5.75 Å². The molecular formula is C14H12BrClN2O2. The van der Waals surface area contributed by atoms with Crippen LogP contribution in [0.5, 0.6) is 5.75 Å². The molecule has 0 aromatic heterocycles. The molecule has 0 atom stereocenters. The van der Waals surface area contributed by atoms with E-state index in [4.69, 9.17) is 17.3 Å². The first kappa shape index (κ1) is 14.7. The second-order valence-electron chi connectivity index (χ2n) is 4.19. The first-order valence-corrected chi connectivity index (χ1v) is 6.95. The number of carbonyl (C=O) groups is 1. The number of carbonyl (C=O) groups excluding carboxylic acids is 1. The number of aromatic hydroxyl groups is 1. The first-order chi connectivity index (χ1) is 9.47. The Balaban J connectivity index is 2.12. The molecule has 0 spiro atoms. The van der Waals surface area contributed by atoms with Crippen LogP contribution in [-0.2, 0) is 6.54 Å². The summed E-state index contributed by atoms with van der Waals surface area (Å²) in [5.41, 5.74) is 7.15. The van der Waals surface area contributed by atoms with Crippen LogP contribution in [0.3, 0.4) is 0 Å². The van der Waals surface area contributed by atoms with Crippen molar-refractivity contribution in [1.82, 2.24) is 5.32 Å². The summed E-state index contributed by atoms with van der Waals surface area (Å²) in [6, 6.07) is 9.66. The van der Waals surface area contributed by atoms with E-state index in [1.54, 1.807) is 30.3 Å². The summed E-state index contributed by atoms with van der Waals surface area (Å²) in [7, 11) is 0. The summed E-state index contributed by atoms with van der Waals surface area (Å²) in [4.78, 5) is 12.1. The number of phenols is 1. The van der Waals surface area contributed by atoms with Gasteiger partial charge in [-0.05, 0) is 52.3 Å². The summed E-state index contributed by atoms with van der Waals surface area (Å²) in [5, 5.41) is 12.9. The summed E-state index contributed by atoms with van der Waals surface area (Å²) in [5.74, 6) is -0.203. The van der Waals surface area contributed by atoms with Gasteiger partial charge >= 0.3 is 0 Å². The van der Waals surface area contributed by atoms with Gasteiger partial charge in [-0.2, -0.15) is 0 Å². The number of hydrogen-bond acceptors (Lipinski definition) is 3. The average Bonchev–Trinajstić information content (AvgIpc) is 2.42. The lowest BCUT2D eigenvalue weighted by Crippen LogP contribution is -2.23. The van der Waals surface area contributed by atoms with Crippen LogP contribution in [-0.4, -0.2) is 11.0 Å². The second kappa shape index (κ2) is 6.15. The zero-order chi connectivity index (χ0) is 14.7. The van der Waals surface area contributed by atoms with E-state index in [-0.39, 0.29) is 18.2 Å². The molecule has 0 fully saturated rings. The summed E-state index contributed by atoms with van der Waals surface area (Å²) < 4.78 is 0.649. The quantitative estimate of drug-likeness (QED) is 0.584. The topological polar surface area (TPSA) is 75.3 Å². The third-order valence-electron chi connectivity index (χ3n) is 2.72. The van der Waals surface area contributed by atoms with Gasteiger partial charge in [0, 0.05) is 27.3 Å². The third-order valence-corrected chi connectivity index (χ3v) is 3.64. The Labute approximate surface area is 129 Å². The number of amides is 1. The summed E-state index contributed by atoms with van der Waals surface area (Å²) in [6.45, 7) is 0.175. The molecule has 2 rings (SSSR count). The Morgan fingerprint density at radius 3 is 2.80 bits per heavy atom. The zero-order valence-electron chi connectivity index (χ0n) is 10.4. The van der Waals surface area contributed by atoms with Crippen LogP contribution in [0.2, 0.25) is 5.02 Å². The normalized spacial score (nSPS) is 10.3. The van der Waals surface area contributed by atoms with E-state index >= 15 is 0 Å². The largest absolute Gasteiger partial charge is 0.508 e. The third kappa shape index (κ3) is 3.43. The number of nitrogens with two attached hydrogens (primary N) is 1. The molecule has 104 valence electrons. The van der Waals surface area contributed by atoms with Gasteiger partial charge < -0.3 is 16.2 Å². The van der Waals surface area contributed by atoms with Crippen LogP contribution in [0.1, 0.15) is 15.9 Å². The maximum absolute atomic E-state index is 12.1. The van der Waals surface area contributed by atoms with Crippen molar-refractivity contribution in [2.24, 2.45) is 0 Å². The zero-order valence-corrected chi connectivity index (χ0v) is 12.7. The van der Waals surface area contributed by atoms with Gasteiger partial charge in [0.2, 0.25) is 0 Å². The lowest BCUT2D eigenvalue weighted by molar-refractivity contribution is 0.0950. The van der Waals surface area contributed by atoms with E-state index in [1.165, 1.54) is 6.07 Å². The van der Waals surface area contributed by atoms with Crippen LogP contribution in [0.4, 0.5) is 5.69 Å². The van der Waals surface area contributed by atoms with Gasteiger partial charge in [-0.3, -0.25) is 4.79 Å². The van der Waals surface area contributed by atoms with Crippen molar-refractivity contribution < 1.29 is 9.90 Å². The molecule has 1 amide bonds. The molecule has 2 aromatic rings. The number of halogens is 2. The second-order valence-corrected chi connectivity index (χ2v) is 5.49. The van der Waals surface area contributed by atoms with E-state index in [9.17, 15) is 9.90 Å². The number of nitrogens with one attached hydrogen (secondary N) is 1. The molecule has 0 aliphatic rings. The van der Waals surface area contributed by atoms with Crippen molar-refractivity contribution >= 4 is 39.1 Å². The van der Waals surface area contributed by atoms with Crippen LogP contribution in [0, 0.1) is 0 Å². The lowest BCUT2D eigenvalue weighted by Gasteiger charge is -2.09. The molecule has 0 radical (unpaired) electrons. The van der Waals surface area contributed by atoms with Crippen LogP contribution >= 0.6 is 27.5 Å². The Kier molecular flexibility index (Phi) is 4.52. The fourth-order valence-corrected chi connectivity index (χ4v) is 2.29. The van der Waals surface area contributed by atoms with Crippen LogP contribution in [0.25, 0.3) is 0 Å². The standard InChI is InChI=1S/C14H12BrClN2O2/c15-12-3-1-9(16)6-11(12)14(20)18-7-8-5-10(17)2-4-13(8)19/h1-6,19H,7,17H2,(H,18,20). The number of benzene rings is 2. The molecule has 0 saturated heterocycles. The number of nitrogen functional groups attached to an aromatic ring is 1. The Morgan fingerprint density at radius 1 is 1.30 bits per heavy atom. The monoisotopic (exact) mass is 354 g/mol. The van der Waals surface area contributed by atoms with Gasteiger partial charge in [-0.15, -0.1) is 0 Å². The van der Waals surface area contributed by atoms with Gasteiger partial charge in [-0.25, -0.2) is 0 Å². The highest BCUT2D eigenvalue weighted by Crippen LogP contribution is 2.22. The minimum Gasteiger partial charge on any atom is -0.508 e. The number of phenolic OH excluding ortho intramolecular Hbond substituents is 1. The minimum absolute atomic E-state index is 0.0876. The maximum Gasteiger partial charge on any atom is 0.252 e. The van der Waals surface area contributed by atoms with Gasteiger partial charge in [0.15, 0.2) is 0 Å². The smallest absolute Gasteiger partial charge is 0.252 e. The van der Waals surface area contributed by atoms with Gasteiger partial charge in [0.05, 0.1) is 5.56 Å². The molecule has 4 nitrogen and oxygen atoms in total. The first-order valence-electron chi connectivity index (χ1n) is 5.78. The highest BCUT2D eigenvalue weighted by molar-refractivity contribution is 9.10.